The maximum absolute atomic E-state index is 12.7. The van der Waals surface area contributed by atoms with Crippen molar-refractivity contribution in [3.8, 4) is 0 Å². The summed E-state index contributed by atoms with van der Waals surface area (Å²) in [6.45, 7) is 20.0. The summed E-state index contributed by atoms with van der Waals surface area (Å²) in [7, 11) is 0. The Hall–Kier alpha value is -2.16. The molecular weight excluding hydrogens is 733 g/mol. The molecule has 0 spiro atoms. The fourth-order valence-corrected chi connectivity index (χ4v) is 13.9. The molecule has 9 nitrogen and oxygen atoms in total. The van der Waals surface area contributed by atoms with Crippen LogP contribution in [0, 0.1) is 63.6 Å². The molecule has 0 aromatic heterocycles. The quantitative estimate of drug-likeness (QED) is 0.130. The second-order valence-corrected chi connectivity index (χ2v) is 23.1. The number of hydrogen-bond donors (Lipinski definition) is 1. The van der Waals surface area contributed by atoms with E-state index in [4.69, 9.17) is 18.9 Å². The molecule has 0 aromatic carbocycles. The molecule has 10 rings (SSSR count). The molecule has 11 atom stereocenters. The van der Waals surface area contributed by atoms with Gasteiger partial charge in [-0.2, -0.15) is 0 Å². The number of fused-ring (bicyclic) bond motifs is 10. The Kier molecular flexibility index (Phi) is 11.6. The Balaban J connectivity index is 0.000000134. The van der Waals surface area contributed by atoms with Crippen LogP contribution in [-0.4, -0.2) is 57.5 Å². The first kappa shape index (κ1) is 43.9. The largest absolute Gasteiger partial charge is 0.459 e. The fourth-order valence-electron chi connectivity index (χ4n) is 13.9. The lowest BCUT2D eigenvalue weighted by Crippen LogP contribution is -2.61. The van der Waals surface area contributed by atoms with Crippen molar-refractivity contribution in [1.29, 1.82) is 0 Å². The highest BCUT2D eigenvalue weighted by Gasteiger charge is 2.68. The molecule has 1 saturated heterocycles. The summed E-state index contributed by atoms with van der Waals surface area (Å²) in [4.78, 5) is 48.6. The number of carbonyl (C=O) groups is 4. The minimum absolute atomic E-state index is 0.0455. The van der Waals surface area contributed by atoms with Gasteiger partial charge in [-0.15, -0.1) is 0 Å². The van der Waals surface area contributed by atoms with E-state index in [0.29, 0.717) is 24.2 Å². The lowest BCUT2D eigenvalue weighted by Gasteiger charge is -2.59. The number of hydrogen-bond acceptors (Lipinski definition) is 9. The molecule has 1 aliphatic heterocycles. The third kappa shape index (κ3) is 7.80. The van der Waals surface area contributed by atoms with Crippen LogP contribution in [0.15, 0.2) is 0 Å². The van der Waals surface area contributed by atoms with Gasteiger partial charge in [-0.3, -0.25) is 19.2 Å². The first-order valence-electron chi connectivity index (χ1n) is 23.7. The molecule has 58 heavy (non-hydrogen) atoms. The van der Waals surface area contributed by atoms with Crippen molar-refractivity contribution in [2.75, 3.05) is 0 Å². The fraction of sp³-hybridized carbons (Fsp3) is 0.918. The molecule has 328 valence electrons. The molecule has 0 radical (unpaired) electrons. The molecule has 1 N–H and O–H groups in total. The SMILES string of the molecule is CCC(C)(C)C(=O)OC1(CC)CC2CC1C1C3CCC(C3)C21.CCC(C)(C)C(=O)OC12CC3CC(CC(O)(C3)C1)C2.CCC(C)(C)C(=O)OC12CCCC1OC(=O)C2. The predicted octanol–water partition coefficient (Wildman–Crippen LogP) is 10.1. The maximum atomic E-state index is 12.7. The van der Waals surface area contributed by atoms with Crippen LogP contribution >= 0.6 is 0 Å². The molecule has 9 aliphatic carbocycles. The van der Waals surface area contributed by atoms with E-state index in [1.807, 2.05) is 55.4 Å². The van der Waals surface area contributed by atoms with Gasteiger partial charge in [-0.25, -0.2) is 0 Å². The Morgan fingerprint density at radius 3 is 1.79 bits per heavy atom. The smallest absolute Gasteiger partial charge is 0.312 e. The first-order valence-corrected chi connectivity index (χ1v) is 23.7. The van der Waals surface area contributed by atoms with Crippen molar-refractivity contribution in [2.24, 2.45) is 63.6 Å². The lowest BCUT2D eigenvalue weighted by molar-refractivity contribution is -0.225. The molecule has 8 bridgehead atoms. The Labute approximate surface area is 349 Å². The average molecular weight is 811 g/mol. The van der Waals surface area contributed by atoms with Gasteiger partial charge in [0.15, 0.2) is 5.60 Å². The second-order valence-electron chi connectivity index (χ2n) is 23.1. The molecule has 11 unspecified atom stereocenters. The second kappa shape index (κ2) is 15.3. The summed E-state index contributed by atoms with van der Waals surface area (Å²) < 4.78 is 23.2. The van der Waals surface area contributed by atoms with Crippen molar-refractivity contribution >= 4 is 23.9 Å². The lowest BCUT2D eigenvalue weighted by atomic mass is 9.52. The Bertz CT molecular complexity index is 1580. The summed E-state index contributed by atoms with van der Waals surface area (Å²) in [5.41, 5.74) is -2.94. The summed E-state index contributed by atoms with van der Waals surface area (Å²) in [5.74, 6) is 5.98. The average Bonchev–Trinajstić information content (AvgIpc) is 4.00. The van der Waals surface area contributed by atoms with Gasteiger partial charge in [-0.1, -0.05) is 27.7 Å². The minimum atomic E-state index is -0.666. The molecule has 9 heteroatoms. The zero-order chi connectivity index (χ0) is 42.3. The van der Waals surface area contributed by atoms with Gasteiger partial charge >= 0.3 is 23.9 Å². The normalized spacial score (nSPS) is 42.5. The van der Waals surface area contributed by atoms with E-state index in [-0.39, 0.29) is 53.0 Å². The van der Waals surface area contributed by atoms with Gasteiger partial charge in [-0.05, 0) is 192 Å². The van der Waals surface area contributed by atoms with E-state index in [2.05, 4.69) is 13.8 Å². The van der Waals surface area contributed by atoms with Gasteiger partial charge < -0.3 is 24.1 Å². The van der Waals surface area contributed by atoms with Crippen LogP contribution in [0.25, 0.3) is 0 Å². The highest BCUT2D eigenvalue weighted by atomic mass is 16.6. The zero-order valence-electron chi connectivity index (χ0n) is 37.8. The first-order chi connectivity index (χ1) is 27.1. The van der Waals surface area contributed by atoms with Gasteiger partial charge in [0.25, 0.3) is 0 Å². The van der Waals surface area contributed by atoms with E-state index >= 15 is 0 Å². The number of ether oxygens (including phenoxy) is 4. The van der Waals surface area contributed by atoms with Crippen LogP contribution in [0.2, 0.25) is 0 Å². The zero-order valence-corrected chi connectivity index (χ0v) is 37.8. The summed E-state index contributed by atoms with van der Waals surface area (Å²) >= 11 is 0. The molecule has 0 amide bonds. The predicted molar refractivity (Wildman–Crippen MR) is 221 cm³/mol. The van der Waals surface area contributed by atoms with Crippen LogP contribution in [0.1, 0.15) is 191 Å². The van der Waals surface area contributed by atoms with E-state index in [1.54, 1.807) is 0 Å². The molecule has 1 heterocycles. The number of aliphatic hydroxyl groups is 1. The van der Waals surface area contributed by atoms with Crippen LogP contribution in [0.4, 0.5) is 0 Å². The number of carbonyl (C=O) groups excluding carboxylic acids is 4. The number of rotatable bonds is 10. The van der Waals surface area contributed by atoms with Gasteiger partial charge in [0, 0.05) is 12.3 Å². The van der Waals surface area contributed by atoms with E-state index in [0.717, 1.165) is 107 Å². The van der Waals surface area contributed by atoms with E-state index in [1.165, 1.54) is 32.1 Å². The molecule has 10 fully saturated rings. The van der Waals surface area contributed by atoms with Crippen LogP contribution in [0.5, 0.6) is 0 Å². The highest BCUT2D eigenvalue weighted by molar-refractivity contribution is 5.79. The van der Waals surface area contributed by atoms with Crippen molar-refractivity contribution < 1.29 is 43.2 Å². The molecule has 0 aromatic rings. The topological polar surface area (TPSA) is 125 Å². The van der Waals surface area contributed by atoms with Crippen molar-refractivity contribution in [1.82, 2.24) is 0 Å². The maximum Gasteiger partial charge on any atom is 0.312 e. The Morgan fingerprint density at radius 2 is 1.24 bits per heavy atom. The third-order valence-corrected chi connectivity index (χ3v) is 18.1. The van der Waals surface area contributed by atoms with Crippen LogP contribution in [0.3, 0.4) is 0 Å². The molecular formula is C49H78O9. The van der Waals surface area contributed by atoms with Gasteiger partial charge in [0.2, 0.25) is 0 Å². The van der Waals surface area contributed by atoms with Crippen molar-refractivity contribution in [3.05, 3.63) is 0 Å². The monoisotopic (exact) mass is 811 g/mol. The van der Waals surface area contributed by atoms with Crippen LogP contribution in [-0.2, 0) is 38.1 Å². The van der Waals surface area contributed by atoms with Crippen LogP contribution < -0.4 is 0 Å². The van der Waals surface area contributed by atoms with E-state index in [9.17, 15) is 24.3 Å². The number of esters is 4. The van der Waals surface area contributed by atoms with Gasteiger partial charge in [0.1, 0.15) is 17.3 Å². The van der Waals surface area contributed by atoms with E-state index < -0.39 is 22.0 Å². The standard InChI is InChI=1S/C20H32O2.C16H26O3.C13H20O4/c1-5-19(3,4)18(21)22-20(6-2)11-14-10-15(20)17-13-8-7-12(9-13)16(14)17;1-4-14(2,3)13(17)19-16-8-11-5-12(9-16)7-15(18,6-11)10-16;1-4-12(2,3)11(15)17-13-7-5-6-9(13)16-10(14)8-13/h12-17H,5-11H2,1-4H3;11-12,18H,4-10H2,1-3H3;9H,4-8H2,1-3H3. The van der Waals surface area contributed by atoms with Crippen molar-refractivity contribution in [3.63, 3.8) is 0 Å². The van der Waals surface area contributed by atoms with Gasteiger partial charge in [0.05, 0.1) is 28.3 Å². The summed E-state index contributed by atoms with van der Waals surface area (Å²) in [6, 6.07) is 0. The Morgan fingerprint density at radius 1 is 0.690 bits per heavy atom. The van der Waals surface area contributed by atoms with Crippen molar-refractivity contribution in [2.45, 2.75) is 220 Å². The third-order valence-electron chi connectivity index (χ3n) is 18.1. The highest BCUT2D eigenvalue weighted by Crippen LogP contribution is 2.71. The summed E-state index contributed by atoms with van der Waals surface area (Å²) in [5, 5.41) is 10.6. The molecule has 9 saturated carbocycles. The molecule has 10 aliphatic rings. The summed E-state index contributed by atoms with van der Waals surface area (Å²) in [6.07, 6.45) is 18.5. The minimum Gasteiger partial charge on any atom is -0.459 e.